The predicted octanol–water partition coefficient (Wildman–Crippen LogP) is 6.68. The second-order valence-corrected chi connectivity index (χ2v) is 7.69. The summed E-state index contributed by atoms with van der Waals surface area (Å²) >= 11 is 0. The van der Waals surface area contributed by atoms with Gasteiger partial charge in [-0.1, -0.05) is 36.4 Å². The lowest BCUT2D eigenvalue weighted by Crippen LogP contribution is -2.37. The van der Waals surface area contributed by atoms with Crippen LogP contribution in [-0.2, 0) is 4.79 Å². The minimum Gasteiger partial charge on any atom is -0.478 e. The van der Waals surface area contributed by atoms with E-state index in [-0.39, 0.29) is 5.82 Å². The summed E-state index contributed by atoms with van der Waals surface area (Å²) in [5.41, 5.74) is 0.637. The van der Waals surface area contributed by atoms with Crippen molar-refractivity contribution in [2.24, 2.45) is 0 Å². The highest BCUT2D eigenvalue weighted by Gasteiger charge is 2.29. The normalized spacial score (nSPS) is 11.3. The van der Waals surface area contributed by atoms with E-state index in [0.717, 1.165) is 21.9 Å². The highest BCUT2D eigenvalue weighted by Crippen LogP contribution is 2.33. The first-order chi connectivity index (χ1) is 14.8. The molecule has 0 heterocycles. The molecule has 0 spiro atoms. The molecule has 31 heavy (non-hydrogen) atoms. The van der Waals surface area contributed by atoms with Crippen molar-refractivity contribution in [2.75, 3.05) is 0 Å². The summed E-state index contributed by atoms with van der Waals surface area (Å²) in [5.74, 6) is 0.347. The molecule has 4 rings (SSSR count). The molecular weight excluding hydrogens is 395 g/mol. The van der Waals surface area contributed by atoms with Crippen LogP contribution < -0.4 is 9.47 Å². The summed E-state index contributed by atoms with van der Waals surface area (Å²) in [6, 6.07) is 25.0. The molecule has 0 fully saturated rings. The monoisotopic (exact) mass is 416 g/mol. The molecule has 0 radical (unpaired) electrons. The van der Waals surface area contributed by atoms with E-state index in [1.807, 2.05) is 54.6 Å². The van der Waals surface area contributed by atoms with Crippen LogP contribution in [0.2, 0.25) is 0 Å². The first-order valence-corrected chi connectivity index (χ1v) is 9.81. The Morgan fingerprint density at radius 1 is 0.839 bits per heavy atom. The molecule has 0 aliphatic carbocycles. The number of fused-ring (bicyclic) bond motifs is 1. The fourth-order valence-electron chi connectivity index (χ4n) is 3.25. The van der Waals surface area contributed by atoms with Gasteiger partial charge >= 0.3 is 5.97 Å². The Kier molecular flexibility index (Phi) is 5.34. The van der Waals surface area contributed by atoms with Crippen molar-refractivity contribution >= 4 is 16.7 Å². The van der Waals surface area contributed by atoms with E-state index >= 15 is 0 Å². The minimum atomic E-state index is -1.33. The molecule has 4 aromatic rings. The van der Waals surface area contributed by atoms with Gasteiger partial charge < -0.3 is 14.6 Å². The van der Waals surface area contributed by atoms with Crippen LogP contribution >= 0.6 is 0 Å². The van der Waals surface area contributed by atoms with E-state index in [9.17, 15) is 14.3 Å². The quantitative estimate of drug-likeness (QED) is 0.381. The third-order valence-corrected chi connectivity index (χ3v) is 4.96. The van der Waals surface area contributed by atoms with Gasteiger partial charge in [0, 0.05) is 0 Å². The predicted molar refractivity (Wildman–Crippen MR) is 118 cm³/mol. The van der Waals surface area contributed by atoms with Crippen molar-refractivity contribution < 1.29 is 23.8 Å². The number of ether oxygens (including phenoxy) is 2. The van der Waals surface area contributed by atoms with Crippen LogP contribution in [0.4, 0.5) is 4.39 Å². The Labute approximate surface area is 179 Å². The summed E-state index contributed by atoms with van der Waals surface area (Å²) in [6.45, 7) is 3.04. The summed E-state index contributed by atoms with van der Waals surface area (Å²) in [5, 5.41) is 11.3. The number of carboxylic acid groups (broad SMARTS) is 1. The van der Waals surface area contributed by atoms with Crippen molar-refractivity contribution in [3.63, 3.8) is 0 Å². The first kappa shape index (κ1) is 20.4. The van der Waals surface area contributed by atoms with Gasteiger partial charge in [-0.3, -0.25) is 0 Å². The van der Waals surface area contributed by atoms with E-state index in [0.29, 0.717) is 17.2 Å². The third-order valence-electron chi connectivity index (χ3n) is 4.96. The SMILES string of the molecule is CC(C)(Oc1ccc2cccc(-c3ccc(Oc4ccc(F)cc4)cc3)c2c1)C(=O)O. The largest absolute Gasteiger partial charge is 0.478 e. The lowest BCUT2D eigenvalue weighted by atomic mass is 9.98. The van der Waals surface area contributed by atoms with Crippen molar-refractivity contribution in [1.29, 1.82) is 0 Å². The number of halogens is 1. The maximum absolute atomic E-state index is 13.1. The van der Waals surface area contributed by atoms with Gasteiger partial charge in [0.2, 0.25) is 0 Å². The number of aliphatic carboxylic acids is 1. The lowest BCUT2D eigenvalue weighted by Gasteiger charge is -2.22. The molecule has 0 aromatic heterocycles. The Hall–Kier alpha value is -3.86. The van der Waals surface area contributed by atoms with Crippen LogP contribution in [0.15, 0.2) is 84.9 Å². The third kappa shape index (κ3) is 4.51. The number of carboxylic acids is 1. The molecule has 0 atom stereocenters. The van der Waals surface area contributed by atoms with Gasteiger partial charge in [-0.25, -0.2) is 9.18 Å². The molecule has 0 saturated heterocycles. The molecule has 4 aromatic carbocycles. The van der Waals surface area contributed by atoms with E-state index in [1.165, 1.54) is 26.0 Å². The van der Waals surface area contributed by atoms with E-state index in [1.54, 1.807) is 18.2 Å². The molecule has 0 unspecified atom stereocenters. The van der Waals surface area contributed by atoms with Crippen molar-refractivity contribution in [2.45, 2.75) is 19.4 Å². The summed E-state index contributed by atoms with van der Waals surface area (Å²) < 4.78 is 24.5. The first-order valence-electron chi connectivity index (χ1n) is 9.81. The molecule has 0 saturated carbocycles. The molecule has 0 aliphatic heterocycles. The highest BCUT2D eigenvalue weighted by molar-refractivity contribution is 5.97. The summed E-state index contributed by atoms with van der Waals surface area (Å²) in [4.78, 5) is 11.4. The fraction of sp³-hybridized carbons (Fsp3) is 0.115. The van der Waals surface area contributed by atoms with Gasteiger partial charge in [-0.2, -0.15) is 0 Å². The average Bonchev–Trinajstić information content (AvgIpc) is 2.75. The van der Waals surface area contributed by atoms with Gasteiger partial charge in [0.1, 0.15) is 23.1 Å². The number of carbonyl (C=O) groups is 1. The van der Waals surface area contributed by atoms with Gasteiger partial charge in [0.05, 0.1) is 0 Å². The Bertz CT molecular complexity index is 1230. The zero-order valence-corrected chi connectivity index (χ0v) is 17.1. The van der Waals surface area contributed by atoms with Crippen molar-refractivity contribution in [3.8, 4) is 28.4 Å². The van der Waals surface area contributed by atoms with E-state index in [2.05, 4.69) is 0 Å². The maximum Gasteiger partial charge on any atom is 0.347 e. The van der Waals surface area contributed by atoms with Crippen LogP contribution in [0.25, 0.3) is 21.9 Å². The van der Waals surface area contributed by atoms with Gasteiger partial charge in [-0.05, 0) is 84.3 Å². The van der Waals surface area contributed by atoms with E-state index < -0.39 is 11.6 Å². The van der Waals surface area contributed by atoms with Gasteiger partial charge in [-0.15, -0.1) is 0 Å². The highest BCUT2D eigenvalue weighted by atomic mass is 19.1. The van der Waals surface area contributed by atoms with Crippen LogP contribution in [0.3, 0.4) is 0 Å². The molecule has 5 heteroatoms. The van der Waals surface area contributed by atoms with Crippen molar-refractivity contribution in [3.05, 3.63) is 90.7 Å². The molecule has 0 amide bonds. The Morgan fingerprint density at radius 3 is 2.10 bits per heavy atom. The summed E-state index contributed by atoms with van der Waals surface area (Å²) in [7, 11) is 0. The molecule has 4 nitrogen and oxygen atoms in total. The fourth-order valence-corrected chi connectivity index (χ4v) is 3.25. The number of rotatable bonds is 6. The molecule has 156 valence electrons. The molecule has 1 N–H and O–H groups in total. The molecular formula is C26H21FO4. The Morgan fingerprint density at radius 2 is 1.45 bits per heavy atom. The molecule has 0 aliphatic rings. The second-order valence-electron chi connectivity index (χ2n) is 7.69. The zero-order valence-electron chi connectivity index (χ0n) is 17.1. The smallest absolute Gasteiger partial charge is 0.347 e. The van der Waals surface area contributed by atoms with Crippen LogP contribution in [0, 0.1) is 5.82 Å². The number of hydrogen-bond acceptors (Lipinski definition) is 3. The Balaban J connectivity index is 1.64. The van der Waals surface area contributed by atoms with Crippen LogP contribution in [0.1, 0.15) is 13.8 Å². The average molecular weight is 416 g/mol. The number of benzene rings is 4. The van der Waals surface area contributed by atoms with E-state index in [4.69, 9.17) is 9.47 Å². The van der Waals surface area contributed by atoms with Crippen molar-refractivity contribution in [1.82, 2.24) is 0 Å². The minimum absolute atomic E-state index is 0.311. The molecule has 0 bridgehead atoms. The van der Waals surface area contributed by atoms with Crippen LogP contribution in [0.5, 0.6) is 17.2 Å². The maximum atomic E-state index is 13.1. The topological polar surface area (TPSA) is 55.8 Å². The van der Waals surface area contributed by atoms with Crippen LogP contribution in [-0.4, -0.2) is 16.7 Å². The lowest BCUT2D eigenvalue weighted by molar-refractivity contribution is -0.152. The van der Waals surface area contributed by atoms with Gasteiger partial charge in [0.15, 0.2) is 5.60 Å². The summed E-state index contributed by atoms with van der Waals surface area (Å²) in [6.07, 6.45) is 0. The zero-order chi connectivity index (χ0) is 22.0. The van der Waals surface area contributed by atoms with Gasteiger partial charge in [0.25, 0.3) is 0 Å². The standard InChI is InChI=1S/C26H21FO4/c1-26(2,25(28)29)31-22-13-8-17-4-3-5-23(24(17)16-22)18-6-11-20(12-7-18)30-21-14-9-19(27)10-15-21/h3-16H,1-2H3,(H,28,29). The number of hydrogen-bond donors (Lipinski definition) is 1. The second kappa shape index (κ2) is 8.11.